The first-order valence-corrected chi connectivity index (χ1v) is 13.2. The van der Waals surface area contributed by atoms with Gasteiger partial charge in [0.1, 0.15) is 11.6 Å². The SMILES string of the molecule is C=CCN(C(=O)[C@@H]1N([C@@H](CO)[C@@H](C)CC)C(=O)[C@H]2[C@H](C(=O)OCC)[C@H]3O[C@@]12CC3Br)C(C)(C)C. The van der Waals surface area contributed by atoms with Gasteiger partial charge in [0.05, 0.1) is 37.2 Å². The van der Waals surface area contributed by atoms with E-state index < -0.39 is 47.1 Å². The first-order valence-electron chi connectivity index (χ1n) is 12.2. The first kappa shape index (κ1) is 27.1. The first-order chi connectivity index (χ1) is 15.9. The maximum Gasteiger partial charge on any atom is 0.312 e. The molecule has 2 bridgehead atoms. The Kier molecular flexibility index (Phi) is 7.90. The van der Waals surface area contributed by atoms with Gasteiger partial charge >= 0.3 is 5.97 Å². The third kappa shape index (κ3) is 4.11. The van der Waals surface area contributed by atoms with Crippen molar-refractivity contribution in [3.05, 3.63) is 12.7 Å². The van der Waals surface area contributed by atoms with Gasteiger partial charge in [0, 0.05) is 16.9 Å². The lowest BCUT2D eigenvalue weighted by Crippen LogP contribution is -2.62. The molecular formula is C25H39BrN2O6. The predicted octanol–water partition coefficient (Wildman–Crippen LogP) is 2.52. The number of likely N-dealkylation sites (tertiary alicyclic amines) is 1. The zero-order valence-corrected chi connectivity index (χ0v) is 22.7. The number of carbonyl (C=O) groups is 3. The molecule has 3 saturated heterocycles. The molecule has 3 heterocycles. The van der Waals surface area contributed by atoms with Crippen LogP contribution in [0.25, 0.3) is 0 Å². The van der Waals surface area contributed by atoms with E-state index in [4.69, 9.17) is 9.47 Å². The molecule has 3 rings (SSSR count). The van der Waals surface area contributed by atoms with E-state index in [0.29, 0.717) is 13.0 Å². The predicted molar refractivity (Wildman–Crippen MR) is 131 cm³/mol. The van der Waals surface area contributed by atoms with Crippen molar-refractivity contribution in [1.29, 1.82) is 0 Å². The van der Waals surface area contributed by atoms with Crippen LogP contribution >= 0.6 is 15.9 Å². The molecule has 0 aromatic heterocycles. The summed E-state index contributed by atoms with van der Waals surface area (Å²) in [6.45, 7) is 15.5. The second-order valence-corrected chi connectivity index (χ2v) is 11.9. The van der Waals surface area contributed by atoms with E-state index in [1.54, 1.807) is 17.9 Å². The van der Waals surface area contributed by atoms with Crippen LogP contribution in [0.4, 0.5) is 0 Å². The molecule has 3 aliphatic heterocycles. The molecule has 0 radical (unpaired) electrons. The van der Waals surface area contributed by atoms with Crippen molar-refractivity contribution in [2.75, 3.05) is 19.8 Å². The monoisotopic (exact) mass is 542 g/mol. The average molecular weight is 543 g/mol. The van der Waals surface area contributed by atoms with E-state index in [9.17, 15) is 19.5 Å². The molecule has 9 heteroatoms. The molecule has 2 amide bonds. The third-order valence-corrected chi connectivity index (χ3v) is 8.60. The lowest BCUT2D eigenvalue weighted by atomic mass is 9.70. The van der Waals surface area contributed by atoms with Crippen LogP contribution in [0.5, 0.6) is 0 Å². The Bertz CT molecular complexity index is 829. The van der Waals surface area contributed by atoms with Crippen LogP contribution in [0.15, 0.2) is 12.7 Å². The molecule has 1 N–H and O–H groups in total. The van der Waals surface area contributed by atoms with Gasteiger partial charge in [0.2, 0.25) is 11.8 Å². The fourth-order valence-electron chi connectivity index (χ4n) is 6.00. The number of aliphatic hydroxyl groups excluding tert-OH is 1. The van der Waals surface area contributed by atoms with E-state index in [-0.39, 0.29) is 35.8 Å². The van der Waals surface area contributed by atoms with Crippen LogP contribution in [-0.4, -0.2) is 86.6 Å². The van der Waals surface area contributed by atoms with Gasteiger partial charge in [-0.15, -0.1) is 6.58 Å². The Morgan fingerprint density at radius 2 is 2.06 bits per heavy atom. The zero-order valence-electron chi connectivity index (χ0n) is 21.1. The van der Waals surface area contributed by atoms with Crippen LogP contribution in [0.1, 0.15) is 54.4 Å². The molecular weight excluding hydrogens is 504 g/mol. The van der Waals surface area contributed by atoms with E-state index in [1.807, 2.05) is 34.6 Å². The van der Waals surface area contributed by atoms with Crippen LogP contribution in [0.2, 0.25) is 0 Å². The number of hydrogen-bond donors (Lipinski definition) is 1. The molecule has 1 unspecified atom stereocenters. The highest BCUT2D eigenvalue weighted by Crippen LogP contribution is 2.61. The summed E-state index contributed by atoms with van der Waals surface area (Å²) >= 11 is 3.65. The minimum atomic E-state index is -1.17. The zero-order chi connectivity index (χ0) is 25.6. The fraction of sp³-hybridized carbons (Fsp3) is 0.800. The standard InChI is InChI=1S/C25H39BrN2O6/c1-8-11-27(24(5,6)7)22(31)20-25-12-15(26)19(34-25)17(23(32)33-10-3)18(25)21(30)28(20)16(13-29)14(4)9-2/h8,14-20,29H,1,9-13H2,2-7H3/t14-,15?,16-,17-,18+,19-,20-,25+/m0/s1. The van der Waals surface area contributed by atoms with Crippen LogP contribution in [-0.2, 0) is 23.9 Å². The number of nitrogens with zero attached hydrogens (tertiary/aromatic N) is 2. The number of esters is 1. The second kappa shape index (κ2) is 9.90. The van der Waals surface area contributed by atoms with E-state index in [2.05, 4.69) is 22.5 Å². The van der Waals surface area contributed by atoms with Gasteiger partial charge in [-0.1, -0.05) is 42.3 Å². The highest BCUT2D eigenvalue weighted by atomic mass is 79.9. The molecule has 8 atom stereocenters. The number of carbonyl (C=O) groups excluding carboxylic acids is 3. The smallest absolute Gasteiger partial charge is 0.312 e. The summed E-state index contributed by atoms with van der Waals surface area (Å²) in [5, 5.41) is 10.4. The molecule has 0 saturated carbocycles. The van der Waals surface area contributed by atoms with E-state index >= 15 is 0 Å². The Balaban J connectivity index is 2.18. The van der Waals surface area contributed by atoms with Crippen molar-refractivity contribution in [3.8, 4) is 0 Å². The second-order valence-electron chi connectivity index (χ2n) is 10.7. The van der Waals surface area contributed by atoms with Crippen molar-refractivity contribution < 1.29 is 29.0 Å². The highest BCUT2D eigenvalue weighted by molar-refractivity contribution is 9.09. The number of fused-ring (bicyclic) bond motifs is 1. The van der Waals surface area contributed by atoms with Crippen molar-refractivity contribution in [3.63, 3.8) is 0 Å². The molecule has 8 nitrogen and oxygen atoms in total. The summed E-state index contributed by atoms with van der Waals surface area (Å²) in [7, 11) is 0. The van der Waals surface area contributed by atoms with Crippen molar-refractivity contribution in [2.45, 2.75) is 88.5 Å². The number of rotatable bonds is 9. The largest absolute Gasteiger partial charge is 0.466 e. The Labute approximate surface area is 211 Å². The maximum absolute atomic E-state index is 14.3. The summed E-state index contributed by atoms with van der Waals surface area (Å²) in [5.74, 6) is -2.74. The van der Waals surface area contributed by atoms with E-state index in [1.165, 1.54) is 4.90 Å². The molecule has 3 fully saturated rings. The number of hydrogen-bond acceptors (Lipinski definition) is 6. The average Bonchev–Trinajstić information content (AvgIpc) is 3.35. The molecule has 34 heavy (non-hydrogen) atoms. The number of ether oxygens (including phenoxy) is 2. The molecule has 0 aromatic rings. The van der Waals surface area contributed by atoms with Crippen molar-refractivity contribution >= 4 is 33.7 Å². The summed E-state index contributed by atoms with van der Waals surface area (Å²) in [6, 6.07) is -1.53. The fourth-order valence-corrected chi connectivity index (χ4v) is 6.94. The van der Waals surface area contributed by atoms with Gasteiger partial charge in [0.25, 0.3) is 0 Å². The highest BCUT2D eigenvalue weighted by Gasteiger charge is 2.77. The van der Waals surface area contributed by atoms with Gasteiger partial charge < -0.3 is 24.4 Å². The summed E-state index contributed by atoms with van der Waals surface area (Å²) in [4.78, 5) is 44.4. The van der Waals surface area contributed by atoms with E-state index in [0.717, 1.165) is 6.42 Å². The van der Waals surface area contributed by atoms with Gasteiger partial charge in [-0.3, -0.25) is 14.4 Å². The topological polar surface area (TPSA) is 96.4 Å². The number of aliphatic hydroxyl groups is 1. The molecule has 0 aliphatic carbocycles. The Morgan fingerprint density at radius 3 is 2.56 bits per heavy atom. The normalized spacial score (nSPS) is 34.1. The summed E-state index contributed by atoms with van der Waals surface area (Å²) in [6.07, 6.45) is 2.25. The lowest BCUT2D eigenvalue weighted by Gasteiger charge is -2.44. The Morgan fingerprint density at radius 1 is 1.41 bits per heavy atom. The van der Waals surface area contributed by atoms with Crippen LogP contribution < -0.4 is 0 Å². The van der Waals surface area contributed by atoms with Gasteiger partial charge in [-0.05, 0) is 40.0 Å². The minimum Gasteiger partial charge on any atom is -0.466 e. The van der Waals surface area contributed by atoms with Crippen LogP contribution in [0.3, 0.4) is 0 Å². The molecule has 3 aliphatic rings. The van der Waals surface area contributed by atoms with Crippen molar-refractivity contribution in [1.82, 2.24) is 9.80 Å². The quantitative estimate of drug-likeness (QED) is 0.273. The van der Waals surface area contributed by atoms with Gasteiger partial charge in [-0.25, -0.2) is 0 Å². The Hall–Kier alpha value is -1.45. The molecule has 0 aromatic carbocycles. The third-order valence-electron chi connectivity index (χ3n) is 7.75. The lowest BCUT2D eigenvalue weighted by molar-refractivity contribution is -0.158. The van der Waals surface area contributed by atoms with Gasteiger partial charge in [0.15, 0.2) is 0 Å². The van der Waals surface area contributed by atoms with Crippen LogP contribution in [0, 0.1) is 17.8 Å². The van der Waals surface area contributed by atoms with Crippen molar-refractivity contribution in [2.24, 2.45) is 17.8 Å². The van der Waals surface area contributed by atoms with Gasteiger partial charge in [-0.2, -0.15) is 0 Å². The molecule has 1 spiro atoms. The summed E-state index contributed by atoms with van der Waals surface area (Å²) < 4.78 is 11.8. The maximum atomic E-state index is 14.3. The number of amides is 2. The molecule has 192 valence electrons. The minimum absolute atomic E-state index is 0.0556. The summed E-state index contributed by atoms with van der Waals surface area (Å²) in [5.41, 5.74) is -1.71. The number of alkyl halides is 1. The number of halogens is 1.